The van der Waals surface area contributed by atoms with Gasteiger partial charge >= 0.3 is 5.97 Å². The number of amides is 2. The summed E-state index contributed by atoms with van der Waals surface area (Å²) in [6.45, 7) is 11.2. The van der Waals surface area contributed by atoms with E-state index < -0.39 is 35.9 Å². The first kappa shape index (κ1) is 22.4. The number of rotatable bonds is 10. The average Bonchev–Trinajstić information content (AvgIpc) is 2.49. The Balaban J connectivity index is 5.13. The molecule has 140 valence electrons. The lowest BCUT2D eigenvalue weighted by Crippen LogP contribution is -2.57. The fraction of sp³-hybridized carbons (Fsp3) is 0.824. The number of carboxylic acids is 1. The van der Waals surface area contributed by atoms with Gasteiger partial charge in [0.2, 0.25) is 11.8 Å². The van der Waals surface area contributed by atoms with Crippen LogP contribution in [0.5, 0.6) is 0 Å². The van der Waals surface area contributed by atoms with Crippen molar-refractivity contribution in [3.05, 3.63) is 0 Å². The van der Waals surface area contributed by atoms with E-state index in [1.165, 1.54) is 0 Å². The van der Waals surface area contributed by atoms with Crippen LogP contribution in [-0.2, 0) is 14.4 Å². The smallest absolute Gasteiger partial charge is 0.326 e. The fourth-order valence-electron chi connectivity index (χ4n) is 2.21. The van der Waals surface area contributed by atoms with Crippen molar-refractivity contribution < 1.29 is 19.5 Å². The van der Waals surface area contributed by atoms with Crippen LogP contribution in [0.15, 0.2) is 0 Å². The highest BCUT2D eigenvalue weighted by Crippen LogP contribution is 2.11. The van der Waals surface area contributed by atoms with Crippen molar-refractivity contribution in [1.82, 2.24) is 10.6 Å². The molecule has 0 spiro atoms. The molecule has 0 aromatic carbocycles. The molecular weight excluding hydrogens is 310 g/mol. The van der Waals surface area contributed by atoms with Crippen LogP contribution in [0.2, 0.25) is 0 Å². The van der Waals surface area contributed by atoms with Gasteiger partial charge in [-0.2, -0.15) is 0 Å². The molecule has 0 aromatic heterocycles. The van der Waals surface area contributed by atoms with Gasteiger partial charge in [-0.05, 0) is 24.2 Å². The molecular formula is C17H33N3O4. The van der Waals surface area contributed by atoms with Gasteiger partial charge in [0.25, 0.3) is 0 Å². The molecule has 0 saturated heterocycles. The Morgan fingerprint density at radius 3 is 1.92 bits per heavy atom. The van der Waals surface area contributed by atoms with Crippen molar-refractivity contribution in [3.8, 4) is 0 Å². The van der Waals surface area contributed by atoms with Crippen LogP contribution in [0, 0.1) is 17.8 Å². The van der Waals surface area contributed by atoms with E-state index in [9.17, 15) is 19.5 Å². The minimum Gasteiger partial charge on any atom is -0.480 e. The lowest BCUT2D eigenvalue weighted by atomic mass is 9.96. The Morgan fingerprint density at radius 1 is 1.00 bits per heavy atom. The molecule has 24 heavy (non-hydrogen) atoms. The largest absolute Gasteiger partial charge is 0.480 e. The molecule has 4 atom stereocenters. The third-order valence-electron chi connectivity index (χ3n) is 4.14. The van der Waals surface area contributed by atoms with E-state index in [0.29, 0.717) is 12.8 Å². The fourth-order valence-corrected chi connectivity index (χ4v) is 2.21. The summed E-state index contributed by atoms with van der Waals surface area (Å²) < 4.78 is 0. The molecule has 0 aliphatic carbocycles. The first-order valence-electron chi connectivity index (χ1n) is 8.60. The van der Waals surface area contributed by atoms with E-state index in [-0.39, 0.29) is 17.8 Å². The molecule has 0 aromatic rings. The molecule has 0 saturated carbocycles. The second-order valence-corrected chi connectivity index (χ2v) is 7.17. The maximum Gasteiger partial charge on any atom is 0.326 e. The Kier molecular flexibility index (Phi) is 9.58. The van der Waals surface area contributed by atoms with Gasteiger partial charge in [0.15, 0.2) is 0 Å². The molecule has 0 bridgehead atoms. The quantitative estimate of drug-likeness (QED) is 0.473. The van der Waals surface area contributed by atoms with Gasteiger partial charge in [-0.1, -0.05) is 48.0 Å². The number of nitrogens with two attached hydrogens (primary N) is 1. The van der Waals surface area contributed by atoms with Crippen molar-refractivity contribution in [2.75, 3.05) is 0 Å². The number of aliphatic carboxylic acids is 1. The molecule has 2 amide bonds. The minimum absolute atomic E-state index is 0.0571. The molecule has 0 aliphatic heterocycles. The number of carbonyl (C=O) groups excluding carboxylic acids is 2. The second kappa shape index (κ2) is 10.3. The number of nitrogens with one attached hydrogen (secondary N) is 2. The normalized spacial score (nSPS) is 16.4. The van der Waals surface area contributed by atoms with E-state index in [1.54, 1.807) is 0 Å². The monoisotopic (exact) mass is 343 g/mol. The molecule has 5 N–H and O–H groups in total. The third kappa shape index (κ3) is 7.29. The molecule has 7 heteroatoms. The van der Waals surface area contributed by atoms with Gasteiger partial charge in [0.1, 0.15) is 12.1 Å². The highest BCUT2D eigenvalue weighted by Gasteiger charge is 2.31. The highest BCUT2D eigenvalue weighted by molar-refractivity contribution is 5.92. The zero-order chi connectivity index (χ0) is 19.0. The second-order valence-electron chi connectivity index (χ2n) is 7.17. The third-order valence-corrected chi connectivity index (χ3v) is 4.14. The van der Waals surface area contributed by atoms with E-state index in [1.807, 2.05) is 41.5 Å². The van der Waals surface area contributed by atoms with Crippen molar-refractivity contribution in [2.24, 2.45) is 23.5 Å². The van der Waals surface area contributed by atoms with Crippen LogP contribution >= 0.6 is 0 Å². The molecule has 0 aliphatic rings. The summed E-state index contributed by atoms with van der Waals surface area (Å²) in [5, 5.41) is 14.5. The van der Waals surface area contributed by atoms with Crippen LogP contribution in [0.1, 0.15) is 54.4 Å². The lowest BCUT2D eigenvalue weighted by molar-refractivity contribution is -0.143. The van der Waals surface area contributed by atoms with Crippen molar-refractivity contribution in [2.45, 2.75) is 72.5 Å². The first-order valence-corrected chi connectivity index (χ1v) is 8.60. The number of carbonyl (C=O) groups is 3. The Bertz CT molecular complexity index is 438. The van der Waals surface area contributed by atoms with Crippen LogP contribution < -0.4 is 16.4 Å². The van der Waals surface area contributed by atoms with Crippen molar-refractivity contribution >= 4 is 17.8 Å². The van der Waals surface area contributed by atoms with E-state index in [2.05, 4.69) is 10.6 Å². The molecule has 0 rings (SSSR count). The summed E-state index contributed by atoms with van der Waals surface area (Å²) in [6, 6.07) is -2.49. The van der Waals surface area contributed by atoms with Gasteiger partial charge < -0.3 is 21.5 Å². The van der Waals surface area contributed by atoms with Gasteiger partial charge in [-0.15, -0.1) is 0 Å². The summed E-state index contributed by atoms with van der Waals surface area (Å²) in [7, 11) is 0. The predicted octanol–water partition coefficient (Wildman–Crippen LogP) is 1.12. The maximum absolute atomic E-state index is 12.5. The molecule has 0 radical (unpaired) electrons. The van der Waals surface area contributed by atoms with Gasteiger partial charge in [-0.3, -0.25) is 9.59 Å². The van der Waals surface area contributed by atoms with E-state index in [4.69, 9.17) is 5.73 Å². The SMILES string of the molecule is CCC(C)C(NC(=O)C(N)C(C)C)C(=O)NC(CC(C)C)C(=O)O. The molecule has 7 nitrogen and oxygen atoms in total. The Labute approximate surface area is 144 Å². The van der Waals surface area contributed by atoms with Gasteiger partial charge in [-0.25, -0.2) is 4.79 Å². The predicted molar refractivity (Wildman–Crippen MR) is 93.2 cm³/mol. The van der Waals surface area contributed by atoms with Crippen LogP contribution in [0.25, 0.3) is 0 Å². The number of hydrogen-bond acceptors (Lipinski definition) is 4. The van der Waals surface area contributed by atoms with Crippen LogP contribution in [0.4, 0.5) is 0 Å². The first-order chi connectivity index (χ1) is 11.0. The zero-order valence-corrected chi connectivity index (χ0v) is 15.6. The topological polar surface area (TPSA) is 122 Å². The minimum atomic E-state index is -1.08. The maximum atomic E-state index is 12.5. The van der Waals surface area contributed by atoms with Gasteiger partial charge in [0, 0.05) is 0 Å². The standard InChI is InChI=1S/C17H33N3O4/c1-7-11(6)14(20-15(21)13(18)10(4)5)16(22)19-12(17(23)24)8-9(2)3/h9-14H,7-8,18H2,1-6H3,(H,19,22)(H,20,21)(H,23,24). The number of carboxylic acid groups (broad SMARTS) is 1. The van der Waals surface area contributed by atoms with Crippen LogP contribution in [0.3, 0.4) is 0 Å². The summed E-state index contributed by atoms with van der Waals surface area (Å²) in [5.41, 5.74) is 5.83. The molecule has 0 fully saturated rings. The average molecular weight is 343 g/mol. The van der Waals surface area contributed by atoms with E-state index in [0.717, 1.165) is 0 Å². The summed E-state index contributed by atoms with van der Waals surface area (Å²) >= 11 is 0. The number of hydrogen-bond donors (Lipinski definition) is 4. The van der Waals surface area contributed by atoms with E-state index >= 15 is 0 Å². The summed E-state index contributed by atoms with van der Waals surface area (Å²) in [4.78, 5) is 36.1. The molecule has 0 heterocycles. The zero-order valence-electron chi connectivity index (χ0n) is 15.6. The van der Waals surface area contributed by atoms with Crippen molar-refractivity contribution in [3.63, 3.8) is 0 Å². The Morgan fingerprint density at radius 2 is 1.54 bits per heavy atom. The van der Waals surface area contributed by atoms with Gasteiger partial charge in [0.05, 0.1) is 6.04 Å². The van der Waals surface area contributed by atoms with Crippen LogP contribution in [-0.4, -0.2) is 41.0 Å². The molecule has 4 unspecified atom stereocenters. The summed E-state index contributed by atoms with van der Waals surface area (Å²) in [5.74, 6) is -2.04. The summed E-state index contributed by atoms with van der Waals surface area (Å²) in [6.07, 6.45) is 0.991. The lowest BCUT2D eigenvalue weighted by Gasteiger charge is -2.27. The highest BCUT2D eigenvalue weighted by atomic mass is 16.4. The van der Waals surface area contributed by atoms with Crippen molar-refractivity contribution in [1.29, 1.82) is 0 Å². The Hall–Kier alpha value is -1.63.